The molecule has 1 aromatic rings. The maximum atomic E-state index is 5.78. The molecule has 0 aliphatic carbocycles. The molecule has 0 bridgehead atoms. The van der Waals surface area contributed by atoms with Crippen molar-refractivity contribution >= 4 is 34.2 Å². The number of alkyl halides is 1. The first-order valence-electron chi connectivity index (χ1n) is 3.88. The molecule has 0 aliphatic heterocycles. The Hall–Kier alpha value is 0.170. The minimum atomic E-state index is 0.446. The molecule has 1 heterocycles. The molecule has 0 amide bonds. The van der Waals surface area contributed by atoms with Crippen LogP contribution in [0, 0.1) is 5.92 Å². The van der Waals surface area contributed by atoms with Crippen molar-refractivity contribution in [1.82, 2.24) is 4.98 Å². The Morgan fingerprint density at radius 1 is 1.42 bits per heavy atom. The lowest BCUT2D eigenvalue weighted by atomic mass is 10.1. The van der Waals surface area contributed by atoms with Crippen LogP contribution in [0.25, 0.3) is 0 Å². The molecule has 12 heavy (non-hydrogen) atoms. The highest BCUT2D eigenvalue weighted by atomic mass is 127. The Labute approximate surface area is 91.7 Å². The van der Waals surface area contributed by atoms with E-state index in [1.807, 2.05) is 12.1 Å². The summed E-state index contributed by atoms with van der Waals surface area (Å²) in [5, 5.41) is 0.579. The van der Waals surface area contributed by atoms with Gasteiger partial charge in [0.2, 0.25) is 0 Å². The topological polar surface area (TPSA) is 12.9 Å². The summed E-state index contributed by atoms with van der Waals surface area (Å²) in [5.74, 6) is 0.594. The van der Waals surface area contributed by atoms with Crippen LogP contribution < -0.4 is 0 Å². The van der Waals surface area contributed by atoms with Crippen molar-refractivity contribution in [2.75, 3.05) is 0 Å². The van der Waals surface area contributed by atoms with Crippen LogP contribution in [-0.2, 0) is 0 Å². The molecule has 0 saturated heterocycles. The van der Waals surface area contributed by atoms with Crippen LogP contribution >= 0.6 is 34.2 Å². The van der Waals surface area contributed by atoms with Gasteiger partial charge in [-0.05, 0) is 18.1 Å². The molecular formula is C9H11ClIN. The minimum Gasteiger partial charge on any atom is -0.240 e. The molecule has 1 unspecified atom stereocenters. The first-order chi connectivity index (χ1) is 5.61. The summed E-state index contributed by atoms with van der Waals surface area (Å²) in [5.41, 5.74) is 1.07. The number of rotatable bonds is 2. The van der Waals surface area contributed by atoms with Gasteiger partial charge in [0.25, 0.3) is 0 Å². The van der Waals surface area contributed by atoms with Gasteiger partial charge in [-0.15, -0.1) is 0 Å². The van der Waals surface area contributed by atoms with E-state index in [1.54, 1.807) is 6.07 Å². The minimum absolute atomic E-state index is 0.446. The van der Waals surface area contributed by atoms with Crippen molar-refractivity contribution in [2.45, 2.75) is 17.8 Å². The molecule has 0 fully saturated rings. The summed E-state index contributed by atoms with van der Waals surface area (Å²) in [6.07, 6.45) is 0. The average Bonchev–Trinajstić information content (AvgIpc) is 2.03. The van der Waals surface area contributed by atoms with E-state index in [-0.39, 0.29) is 0 Å². The fraction of sp³-hybridized carbons (Fsp3) is 0.444. The average molecular weight is 296 g/mol. The monoisotopic (exact) mass is 295 g/mol. The van der Waals surface area contributed by atoms with Gasteiger partial charge in [0.1, 0.15) is 5.15 Å². The Morgan fingerprint density at radius 3 is 2.58 bits per heavy atom. The lowest BCUT2D eigenvalue weighted by molar-refractivity contribution is 0.640. The molecule has 66 valence electrons. The molecule has 0 aliphatic rings. The number of pyridine rings is 1. The molecular weight excluding hydrogens is 284 g/mol. The molecule has 1 aromatic heterocycles. The van der Waals surface area contributed by atoms with Gasteiger partial charge in [-0.1, -0.05) is 54.1 Å². The molecule has 1 nitrogen and oxygen atoms in total. The zero-order chi connectivity index (χ0) is 9.14. The number of halogens is 2. The van der Waals surface area contributed by atoms with Gasteiger partial charge in [0.15, 0.2) is 0 Å². The third-order valence-electron chi connectivity index (χ3n) is 1.60. The number of hydrogen-bond acceptors (Lipinski definition) is 1. The van der Waals surface area contributed by atoms with Crippen molar-refractivity contribution in [3.63, 3.8) is 0 Å². The van der Waals surface area contributed by atoms with E-state index in [2.05, 4.69) is 41.4 Å². The molecule has 0 spiro atoms. The number of aromatic nitrogens is 1. The summed E-state index contributed by atoms with van der Waals surface area (Å²) < 4.78 is 0.446. The fourth-order valence-electron chi connectivity index (χ4n) is 0.919. The van der Waals surface area contributed by atoms with Crippen LogP contribution in [0.1, 0.15) is 23.5 Å². The van der Waals surface area contributed by atoms with Crippen LogP contribution in [0.2, 0.25) is 5.15 Å². The second-order valence-corrected chi connectivity index (χ2v) is 4.76. The maximum absolute atomic E-state index is 5.78. The molecule has 3 heteroatoms. The largest absolute Gasteiger partial charge is 0.240 e. The van der Waals surface area contributed by atoms with Gasteiger partial charge in [-0.25, -0.2) is 4.98 Å². The molecule has 0 radical (unpaired) electrons. The summed E-state index contributed by atoms with van der Waals surface area (Å²) in [6, 6.07) is 5.76. The van der Waals surface area contributed by atoms with Crippen LogP contribution in [0.3, 0.4) is 0 Å². The third-order valence-corrected chi connectivity index (χ3v) is 3.89. The molecule has 0 saturated carbocycles. The second kappa shape index (κ2) is 4.42. The summed E-state index contributed by atoms with van der Waals surface area (Å²) in [4.78, 5) is 4.25. The van der Waals surface area contributed by atoms with Crippen molar-refractivity contribution in [3.05, 3.63) is 29.0 Å². The van der Waals surface area contributed by atoms with Crippen molar-refractivity contribution in [2.24, 2.45) is 5.92 Å². The Balaban J connectivity index is 2.88. The van der Waals surface area contributed by atoms with Crippen LogP contribution in [0.4, 0.5) is 0 Å². The normalized spacial score (nSPS) is 13.4. The first kappa shape index (κ1) is 10.3. The Morgan fingerprint density at radius 2 is 2.08 bits per heavy atom. The number of nitrogens with zero attached hydrogens (tertiary/aromatic N) is 1. The molecule has 1 rings (SSSR count). The predicted molar refractivity (Wildman–Crippen MR) is 60.8 cm³/mol. The van der Waals surface area contributed by atoms with E-state index >= 15 is 0 Å². The van der Waals surface area contributed by atoms with Gasteiger partial charge in [0.05, 0.1) is 9.62 Å². The van der Waals surface area contributed by atoms with Crippen molar-refractivity contribution in [1.29, 1.82) is 0 Å². The van der Waals surface area contributed by atoms with E-state index in [4.69, 9.17) is 11.6 Å². The molecule has 1 atom stereocenters. The van der Waals surface area contributed by atoms with Gasteiger partial charge in [-0.3, -0.25) is 0 Å². The van der Waals surface area contributed by atoms with Crippen molar-refractivity contribution in [3.8, 4) is 0 Å². The second-order valence-electron chi connectivity index (χ2n) is 3.03. The predicted octanol–water partition coefficient (Wildman–Crippen LogP) is 3.87. The van der Waals surface area contributed by atoms with E-state index < -0.39 is 0 Å². The van der Waals surface area contributed by atoms with E-state index in [1.165, 1.54) is 0 Å². The maximum Gasteiger partial charge on any atom is 0.129 e. The van der Waals surface area contributed by atoms with Crippen LogP contribution in [-0.4, -0.2) is 4.98 Å². The zero-order valence-electron chi connectivity index (χ0n) is 7.09. The standard InChI is InChI=1S/C9H11ClIN/c1-6(2)9(11)7-4-3-5-8(10)12-7/h3-6,9H,1-2H3. The SMILES string of the molecule is CC(C)C(I)c1cccc(Cl)n1. The van der Waals surface area contributed by atoms with Gasteiger partial charge < -0.3 is 0 Å². The zero-order valence-corrected chi connectivity index (χ0v) is 10.0. The van der Waals surface area contributed by atoms with E-state index in [0.29, 0.717) is 15.0 Å². The van der Waals surface area contributed by atoms with Gasteiger partial charge in [-0.2, -0.15) is 0 Å². The highest BCUT2D eigenvalue weighted by Gasteiger charge is 2.12. The van der Waals surface area contributed by atoms with Crippen LogP contribution in [0.15, 0.2) is 18.2 Å². The lowest BCUT2D eigenvalue weighted by Crippen LogP contribution is -2.00. The third kappa shape index (κ3) is 2.59. The van der Waals surface area contributed by atoms with E-state index in [0.717, 1.165) is 5.69 Å². The smallest absolute Gasteiger partial charge is 0.129 e. The summed E-state index contributed by atoms with van der Waals surface area (Å²) in [6.45, 7) is 4.36. The highest BCUT2D eigenvalue weighted by molar-refractivity contribution is 14.1. The van der Waals surface area contributed by atoms with E-state index in [9.17, 15) is 0 Å². The summed E-state index contributed by atoms with van der Waals surface area (Å²) in [7, 11) is 0. The quantitative estimate of drug-likeness (QED) is 0.458. The summed E-state index contributed by atoms with van der Waals surface area (Å²) >= 11 is 8.17. The van der Waals surface area contributed by atoms with Crippen molar-refractivity contribution < 1.29 is 0 Å². The number of hydrogen-bond donors (Lipinski definition) is 0. The molecule has 0 N–H and O–H groups in total. The first-order valence-corrected chi connectivity index (χ1v) is 5.50. The highest BCUT2D eigenvalue weighted by Crippen LogP contribution is 2.29. The van der Waals surface area contributed by atoms with Crippen LogP contribution in [0.5, 0.6) is 0 Å². The van der Waals surface area contributed by atoms with Gasteiger partial charge in [0, 0.05) is 0 Å². The Kier molecular flexibility index (Phi) is 3.77. The Bertz CT molecular complexity index is 262. The lowest BCUT2D eigenvalue weighted by Gasteiger charge is -2.12. The fourth-order valence-corrected chi connectivity index (χ4v) is 1.44. The molecule has 0 aromatic carbocycles. The van der Waals surface area contributed by atoms with Gasteiger partial charge >= 0.3 is 0 Å².